The molecule has 4 aromatic rings. The molecule has 0 spiro atoms. The number of pyridine rings is 2. The summed E-state index contributed by atoms with van der Waals surface area (Å²) in [5.41, 5.74) is 1.51. The Bertz CT molecular complexity index is 1110. The van der Waals surface area contributed by atoms with Crippen LogP contribution in [-0.2, 0) is 4.74 Å². The van der Waals surface area contributed by atoms with Crippen LogP contribution in [0.15, 0.2) is 61.4 Å². The second-order valence-corrected chi connectivity index (χ2v) is 5.54. The lowest BCUT2D eigenvalue weighted by Crippen LogP contribution is -2.04. The summed E-state index contributed by atoms with van der Waals surface area (Å²) in [6.45, 7) is 2.06. The van der Waals surface area contributed by atoms with Crippen molar-refractivity contribution >= 4 is 11.9 Å². The molecule has 1 N–H and O–H groups in total. The average molecular weight is 408 g/mol. The van der Waals surface area contributed by atoms with E-state index >= 15 is 0 Å². The van der Waals surface area contributed by atoms with Crippen LogP contribution in [0.5, 0.6) is 0 Å². The molecule has 0 aromatic carbocycles. The van der Waals surface area contributed by atoms with E-state index in [0.29, 0.717) is 12.3 Å². The number of ether oxygens (including phenoxy) is 1. The number of carbonyl (C=O) groups is 2. The zero-order valence-corrected chi connectivity index (χ0v) is 15.7. The summed E-state index contributed by atoms with van der Waals surface area (Å²) in [5, 5.41) is 23.3. The monoisotopic (exact) mass is 408 g/mol. The zero-order chi connectivity index (χ0) is 21.3. The van der Waals surface area contributed by atoms with Gasteiger partial charge in [-0.3, -0.25) is 9.97 Å². The highest BCUT2D eigenvalue weighted by atomic mass is 16.5. The molecule has 0 aliphatic rings. The average Bonchev–Trinajstić information content (AvgIpc) is 3.46. The van der Waals surface area contributed by atoms with Crippen LogP contribution < -0.4 is 0 Å². The molecule has 0 unspecified atom stereocenters. The van der Waals surface area contributed by atoms with Gasteiger partial charge in [0.2, 0.25) is 0 Å². The maximum atomic E-state index is 11.3. The number of carbonyl (C=O) groups excluding carboxylic acids is 1. The molecule has 12 nitrogen and oxygen atoms in total. The van der Waals surface area contributed by atoms with Gasteiger partial charge >= 0.3 is 11.9 Å². The van der Waals surface area contributed by atoms with Gasteiger partial charge in [-0.15, -0.1) is 10.2 Å². The molecule has 0 saturated carbocycles. The number of esters is 1. The number of hydrogen-bond donors (Lipinski definition) is 1. The quantitative estimate of drug-likeness (QED) is 0.477. The van der Waals surface area contributed by atoms with Crippen molar-refractivity contribution in [3.63, 3.8) is 0 Å². The van der Waals surface area contributed by atoms with Gasteiger partial charge in [0, 0.05) is 12.4 Å². The van der Waals surface area contributed by atoms with Crippen LogP contribution in [0.4, 0.5) is 0 Å². The normalized spacial score (nSPS) is 10.0. The molecule has 152 valence electrons. The number of carboxylic acid groups (broad SMARTS) is 1. The van der Waals surface area contributed by atoms with Crippen molar-refractivity contribution in [1.82, 2.24) is 40.0 Å². The summed E-state index contributed by atoms with van der Waals surface area (Å²) >= 11 is 0. The van der Waals surface area contributed by atoms with Crippen LogP contribution in [0.3, 0.4) is 0 Å². The van der Waals surface area contributed by atoms with Gasteiger partial charge in [-0.25, -0.2) is 19.0 Å². The summed E-state index contributed by atoms with van der Waals surface area (Å²) in [4.78, 5) is 29.7. The first-order valence-electron chi connectivity index (χ1n) is 8.64. The van der Waals surface area contributed by atoms with Gasteiger partial charge in [0.1, 0.15) is 0 Å². The number of aromatic carboxylic acids is 1. The van der Waals surface area contributed by atoms with Gasteiger partial charge < -0.3 is 9.84 Å². The molecule has 4 rings (SSSR count). The number of rotatable bonds is 5. The zero-order valence-electron chi connectivity index (χ0n) is 15.7. The van der Waals surface area contributed by atoms with Gasteiger partial charge in [0.05, 0.1) is 42.8 Å². The van der Waals surface area contributed by atoms with E-state index in [4.69, 9.17) is 9.84 Å². The maximum absolute atomic E-state index is 11.3. The van der Waals surface area contributed by atoms with Crippen LogP contribution in [0.2, 0.25) is 0 Å². The van der Waals surface area contributed by atoms with Crippen molar-refractivity contribution in [2.75, 3.05) is 6.61 Å². The Balaban J connectivity index is 0.000000172. The predicted molar refractivity (Wildman–Crippen MR) is 101 cm³/mol. The molecule has 12 heteroatoms. The molecule has 0 radical (unpaired) electrons. The molecule has 0 aliphatic heterocycles. The lowest BCUT2D eigenvalue weighted by Gasteiger charge is -1.97. The first-order valence-corrected chi connectivity index (χ1v) is 8.64. The third kappa shape index (κ3) is 5.07. The largest absolute Gasteiger partial charge is 0.476 e. The van der Waals surface area contributed by atoms with Crippen LogP contribution in [-0.4, -0.2) is 63.6 Å². The van der Waals surface area contributed by atoms with Crippen molar-refractivity contribution in [2.24, 2.45) is 0 Å². The first kappa shape index (κ1) is 20.3. The maximum Gasteiger partial charge on any atom is 0.360 e. The minimum Gasteiger partial charge on any atom is -0.476 e. The fourth-order valence-corrected chi connectivity index (χ4v) is 2.16. The number of hydrogen-bond acceptors (Lipinski definition) is 9. The molecule has 0 fully saturated rings. The summed E-state index contributed by atoms with van der Waals surface area (Å²) in [5.74, 6) is -1.57. The third-order valence-electron chi connectivity index (χ3n) is 3.51. The Kier molecular flexibility index (Phi) is 6.51. The minimum absolute atomic E-state index is 0.0890. The van der Waals surface area contributed by atoms with Crippen molar-refractivity contribution in [2.45, 2.75) is 6.92 Å². The molecular formula is C18H16N8O4. The van der Waals surface area contributed by atoms with Crippen LogP contribution in [0.25, 0.3) is 11.4 Å². The molecule has 0 amide bonds. The molecule has 0 bridgehead atoms. The Hall–Kier alpha value is -4.48. The topological polar surface area (TPSA) is 151 Å². The third-order valence-corrected chi connectivity index (χ3v) is 3.51. The Labute approximate surface area is 169 Å². The SMILES string of the molecule is CCOC(=O)c1cn(-c2cccnc2)nn1.O=C(O)c1cn(-c2cccnc2)nn1. The lowest BCUT2D eigenvalue weighted by atomic mass is 10.4. The predicted octanol–water partition coefficient (Wildman–Crippen LogP) is 1.20. The molecule has 0 atom stereocenters. The van der Waals surface area contributed by atoms with Gasteiger partial charge in [0.25, 0.3) is 0 Å². The van der Waals surface area contributed by atoms with E-state index in [1.165, 1.54) is 21.8 Å². The van der Waals surface area contributed by atoms with E-state index in [1.807, 2.05) is 6.07 Å². The molecule has 4 aromatic heterocycles. The lowest BCUT2D eigenvalue weighted by molar-refractivity contribution is 0.0519. The molecule has 0 saturated heterocycles. The standard InChI is InChI=1S/C10H10N4O2.C8H6N4O2/c1-2-16-10(15)9-7-14(13-12-9)8-4-3-5-11-6-8;13-8(14)7-5-12(11-10-7)6-2-1-3-9-4-6/h3-7H,2H2,1H3;1-5H,(H,13,14). The van der Waals surface area contributed by atoms with Crippen molar-refractivity contribution in [3.8, 4) is 11.4 Å². The Morgan fingerprint density at radius 2 is 1.47 bits per heavy atom. The van der Waals surface area contributed by atoms with Crippen LogP contribution in [0, 0.1) is 0 Å². The van der Waals surface area contributed by atoms with Crippen molar-refractivity contribution in [1.29, 1.82) is 0 Å². The fraction of sp³-hybridized carbons (Fsp3) is 0.111. The first-order chi connectivity index (χ1) is 14.6. The van der Waals surface area contributed by atoms with E-state index in [1.54, 1.807) is 49.9 Å². The number of nitrogens with zero attached hydrogens (tertiary/aromatic N) is 8. The van der Waals surface area contributed by atoms with Crippen molar-refractivity contribution < 1.29 is 19.4 Å². The van der Waals surface area contributed by atoms with Gasteiger partial charge in [-0.1, -0.05) is 10.4 Å². The minimum atomic E-state index is -1.10. The Morgan fingerprint density at radius 3 is 1.90 bits per heavy atom. The van der Waals surface area contributed by atoms with Crippen molar-refractivity contribution in [3.05, 3.63) is 72.8 Å². The van der Waals surface area contributed by atoms with E-state index in [9.17, 15) is 9.59 Å². The summed E-state index contributed by atoms with van der Waals surface area (Å²) in [6, 6.07) is 7.09. The van der Waals surface area contributed by atoms with Crippen LogP contribution in [0.1, 0.15) is 27.9 Å². The van der Waals surface area contributed by atoms with Gasteiger partial charge in [0.15, 0.2) is 11.4 Å². The number of carboxylic acids is 1. The second-order valence-electron chi connectivity index (χ2n) is 5.54. The van der Waals surface area contributed by atoms with E-state index in [0.717, 1.165) is 5.69 Å². The Morgan fingerprint density at radius 1 is 0.933 bits per heavy atom. The molecule has 4 heterocycles. The highest BCUT2D eigenvalue weighted by molar-refractivity contribution is 5.86. The van der Waals surface area contributed by atoms with E-state index in [2.05, 4.69) is 30.6 Å². The number of aromatic nitrogens is 8. The molecule has 30 heavy (non-hydrogen) atoms. The second kappa shape index (κ2) is 9.64. The van der Waals surface area contributed by atoms with Gasteiger partial charge in [-0.05, 0) is 31.2 Å². The highest BCUT2D eigenvalue weighted by Crippen LogP contribution is 2.05. The summed E-state index contributed by atoms with van der Waals surface area (Å²) in [6.07, 6.45) is 9.32. The summed E-state index contributed by atoms with van der Waals surface area (Å²) < 4.78 is 7.64. The molecule has 0 aliphatic carbocycles. The van der Waals surface area contributed by atoms with Crippen LogP contribution >= 0.6 is 0 Å². The summed E-state index contributed by atoms with van der Waals surface area (Å²) in [7, 11) is 0. The van der Waals surface area contributed by atoms with E-state index in [-0.39, 0.29) is 11.4 Å². The van der Waals surface area contributed by atoms with E-state index < -0.39 is 11.9 Å². The molecular weight excluding hydrogens is 392 g/mol. The van der Waals surface area contributed by atoms with Gasteiger partial charge in [-0.2, -0.15) is 0 Å². The highest BCUT2D eigenvalue weighted by Gasteiger charge is 2.12. The smallest absolute Gasteiger partial charge is 0.360 e. The fourth-order valence-electron chi connectivity index (χ4n) is 2.16.